The number of rotatable bonds is 6. The zero-order chi connectivity index (χ0) is 16.9. The molecule has 0 saturated carbocycles. The largest absolute Gasteiger partial charge is 0.480 e. The van der Waals surface area contributed by atoms with E-state index in [2.05, 4.69) is 13.8 Å². The van der Waals surface area contributed by atoms with Crippen molar-refractivity contribution in [1.29, 1.82) is 5.26 Å². The maximum absolute atomic E-state index is 12.6. The van der Waals surface area contributed by atoms with Gasteiger partial charge in [0.2, 0.25) is 0 Å². The molecular weight excluding hydrogens is 280 g/mol. The molecule has 0 spiro atoms. The third kappa shape index (κ3) is 3.85. The number of carbonyl (C=O) groups is 2. The standard InChI is InChI=1S/C17H22N2O3/c1-12(2)13-6-8-14(9-7-13)15(20)19(11-5-10-18)17(3,4)16(21)22/h6-9,12H,5,11H2,1-4H3,(H,21,22). The minimum atomic E-state index is -1.37. The molecule has 0 bridgehead atoms. The van der Waals surface area contributed by atoms with Crippen LogP contribution in [0, 0.1) is 11.3 Å². The molecule has 1 amide bonds. The van der Waals surface area contributed by atoms with E-state index in [1.54, 1.807) is 12.1 Å². The summed E-state index contributed by atoms with van der Waals surface area (Å²) < 4.78 is 0. The van der Waals surface area contributed by atoms with Gasteiger partial charge < -0.3 is 10.0 Å². The summed E-state index contributed by atoms with van der Waals surface area (Å²) in [5.41, 5.74) is 0.166. The Hall–Kier alpha value is -2.35. The summed E-state index contributed by atoms with van der Waals surface area (Å²) in [6.45, 7) is 7.13. The van der Waals surface area contributed by atoms with Crippen LogP contribution in [0.15, 0.2) is 24.3 Å². The zero-order valence-electron chi connectivity index (χ0n) is 13.5. The summed E-state index contributed by atoms with van der Waals surface area (Å²) in [6.07, 6.45) is 0.0898. The summed E-state index contributed by atoms with van der Waals surface area (Å²) >= 11 is 0. The molecule has 0 atom stereocenters. The highest BCUT2D eigenvalue weighted by atomic mass is 16.4. The fourth-order valence-electron chi connectivity index (χ4n) is 2.08. The van der Waals surface area contributed by atoms with Gasteiger partial charge in [0.25, 0.3) is 5.91 Å². The van der Waals surface area contributed by atoms with Crippen molar-refractivity contribution in [2.75, 3.05) is 6.54 Å². The van der Waals surface area contributed by atoms with Crippen molar-refractivity contribution in [2.24, 2.45) is 0 Å². The molecule has 1 rings (SSSR count). The number of hydrogen-bond donors (Lipinski definition) is 1. The molecule has 118 valence electrons. The maximum atomic E-state index is 12.6. The highest BCUT2D eigenvalue weighted by molar-refractivity contribution is 5.97. The molecule has 0 aliphatic rings. The van der Waals surface area contributed by atoms with E-state index >= 15 is 0 Å². The van der Waals surface area contributed by atoms with E-state index in [4.69, 9.17) is 5.26 Å². The highest BCUT2D eigenvalue weighted by Gasteiger charge is 2.37. The van der Waals surface area contributed by atoms with Crippen LogP contribution in [-0.4, -0.2) is 34.0 Å². The maximum Gasteiger partial charge on any atom is 0.329 e. The average molecular weight is 302 g/mol. The first-order chi connectivity index (χ1) is 10.2. The molecule has 0 radical (unpaired) electrons. The summed E-state index contributed by atoms with van der Waals surface area (Å²) in [6, 6.07) is 9.10. The molecule has 5 nitrogen and oxygen atoms in total. The lowest BCUT2D eigenvalue weighted by molar-refractivity contribution is -0.147. The van der Waals surface area contributed by atoms with E-state index in [1.165, 1.54) is 18.7 Å². The lowest BCUT2D eigenvalue weighted by Crippen LogP contribution is -2.53. The van der Waals surface area contributed by atoms with Crippen molar-refractivity contribution in [1.82, 2.24) is 4.90 Å². The Morgan fingerprint density at radius 2 is 1.82 bits per heavy atom. The van der Waals surface area contributed by atoms with E-state index < -0.39 is 11.5 Å². The molecular formula is C17H22N2O3. The number of benzene rings is 1. The van der Waals surface area contributed by atoms with Crippen LogP contribution in [0.2, 0.25) is 0 Å². The molecule has 0 aliphatic carbocycles. The number of nitrogens with zero attached hydrogens (tertiary/aromatic N) is 2. The third-order valence-electron chi connectivity index (χ3n) is 3.71. The number of hydrogen-bond acceptors (Lipinski definition) is 3. The monoisotopic (exact) mass is 302 g/mol. The van der Waals surface area contributed by atoms with Gasteiger partial charge in [0.1, 0.15) is 5.54 Å². The third-order valence-corrected chi connectivity index (χ3v) is 3.71. The first kappa shape index (κ1) is 17.7. The fourth-order valence-corrected chi connectivity index (χ4v) is 2.08. The molecule has 1 N–H and O–H groups in total. The van der Waals surface area contributed by atoms with Crippen molar-refractivity contribution >= 4 is 11.9 Å². The van der Waals surface area contributed by atoms with Crippen molar-refractivity contribution in [3.63, 3.8) is 0 Å². The van der Waals surface area contributed by atoms with Gasteiger partial charge in [-0.3, -0.25) is 4.79 Å². The predicted molar refractivity (Wildman–Crippen MR) is 83.5 cm³/mol. The number of carboxylic acid groups (broad SMARTS) is 1. The molecule has 0 aliphatic heterocycles. The topological polar surface area (TPSA) is 81.4 Å². The van der Waals surface area contributed by atoms with Crippen LogP contribution in [0.1, 0.15) is 56.0 Å². The Morgan fingerprint density at radius 1 is 1.27 bits per heavy atom. The van der Waals surface area contributed by atoms with Crippen molar-refractivity contribution in [2.45, 2.75) is 45.6 Å². The van der Waals surface area contributed by atoms with Crippen LogP contribution in [-0.2, 0) is 4.79 Å². The molecule has 0 fully saturated rings. The van der Waals surface area contributed by atoms with Crippen molar-refractivity contribution in [3.8, 4) is 6.07 Å². The van der Waals surface area contributed by atoms with Gasteiger partial charge in [0, 0.05) is 12.1 Å². The van der Waals surface area contributed by atoms with Crippen LogP contribution in [0.3, 0.4) is 0 Å². The summed E-state index contributed by atoms with van der Waals surface area (Å²) in [5.74, 6) is -1.12. The van der Waals surface area contributed by atoms with E-state index in [-0.39, 0.29) is 18.9 Å². The van der Waals surface area contributed by atoms with Gasteiger partial charge in [0.05, 0.1) is 12.5 Å². The Kier molecular flexibility index (Phi) is 5.69. The van der Waals surface area contributed by atoms with Gasteiger partial charge in [-0.15, -0.1) is 0 Å². The zero-order valence-corrected chi connectivity index (χ0v) is 13.5. The first-order valence-corrected chi connectivity index (χ1v) is 7.24. The fraction of sp³-hybridized carbons (Fsp3) is 0.471. The second kappa shape index (κ2) is 7.08. The minimum Gasteiger partial charge on any atom is -0.480 e. The molecule has 0 unspecified atom stereocenters. The lowest BCUT2D eigenvalue weighted by atomic mass is 9.98. The smallest absolute Gasteiger partial charge is 0.329 e. The number of carbonyl (C=O) groups excluding carboxylic acids is 1. The average Bonchev–Trinajstić information content (AvgIpc) is 2.47. The predicted octanol–water partition coefficient (Wildman–Crippen LogP) is 3.03. The van der Waals surface area contributed by atoms with Crippen molar-refractivity contribution in [3.05, 3.63) is 35.4 Å². The van der Waals surface area contributed by atoms with E-state index in [0.717, 1.165) is 5.56 Å². The molecule has 5 heteroatoms. The van der Waals surface area contributed by atoms with Gasteiger partial charge in [-0.25, -0.2) is 4.79 Å². The Balaban J connectivity index is 3.11. The van der Waals surface area contributed by atoms with Crippen molar-refractivity contribution < 1.29 is 14.7 Å². The first-order valence-electron chi connectivity index (χ1n) is 7.24. The second-order valence-electron chi connectivity index (χ2n) is 6.01. The summed E-state index contributed by atoms with van der Waals surface area (Å²) in [4.78, 5) is 25.3. The SMILES string of the molecule is CC(C)c1ccc(C(=O)N(CCC#N)C(C)(C)C(=O)O)cc1. The van der Waals surface area contributed by atoms with Gasteiger partial charge in [-0.05, 0) is 37.5 Å². The van der Waals surface area contributed by atoms with Gasteiger partial charge >= 0.3 is 5.97 Å². The van der Waals surface area contributed by atoms with Crippen LogP contribution >= 0.6 is 0 Å². The molecule has 1 aromatic rings. The highest BCUT2D eigenvalue weighted by Crippen LogP contribution is 2.21. The summed E-state index contributed by atoms with van der Waals surface area (Å²) in [5, 5.41) is 18.1. The quantitative estimate of drug-likeness (QED) is 0.875. The Bertz CT molecular complexity index is 583. The number of amides is 1. The lowest BCUT2D eigenvalue weighted by Gasteiger charge is -2.34. The number of nitriles is 1. The van der Waals surface area contributed by atoms with Gasteiger partial charge in [-0.2, -0.15) is 5.26 Å². The van der Waals surface area contributed by atoms with E-state index in [1.807, 2.05) is 18.2 Å². The molecule has 0 aromatic heterocycles. The molecule has 0 saturated heterocycles. The molecule has 22 heavy (non-hydrogen) atoms. The minimum absolute atomic E-state index is 0.0839. The second-order valence-corrected chi connectivity index (χ2v) is 6.01. The van der Waals surface area contributed by atoms with Crippen LogP contribution in [0.4, 0.5) is 0 Å². The normalized spacial score (nSPS) is 11.1. The summed E-state index contributed by atoms with van der Waals surface area (Å²) in [7, 11) is 0. The Morgan fingerprint density at radius 3 is 2.23 bits per heavy atom. The number of aliphatic carboxylic acids is 1. The molecule has 0 heterocycles. The van der Waals surface area contributed by atoms with Crippen LogP contribution in [0.25, 0.3) is 0 Å². The Labute approximate surface area is 131 Å². The van der Waals surface area contributed by atoms with Gasteiger partial charge in [0.15, 0.2) is 0 Å². The molecule has 1 aromatic carbocycles. The number of carboxylic acids is 1. The van der Waals surface area contributed by atoms with E-state index in [9.17, 15) is 14.7 Å². The van der Waals surface area contributed by atoms with Crippen LogP contribution in [0.5, 0.6) is 0 Å². The van der Waals surface area contributed by atoms with E-state index in [0.29, 0.717) is 11.5 Å². The van der Waals surface area contributed by atoms with Gasteiger partial charge in [-0.1, -0.05) is 26.0 Å². The van der Waals surface area contributed by atoms with Crippen LogP contribution < -0.4 is 0 Å².